The molecule has 5 nitrogen and oxygen atoms in total. The van der Waals surface area contributed by atoms with E-state index in [0.717, 1.165) is 12.3 Å². The van der Waals surface area contributed by atoms with E-state index in [4.69, 9.17) is 17.3 Å². The van der Waals surface area contributed by atoms with Crippen molar-refractivity contribution < 1.29 is 17.6 Å². The zero-order chi connectivity index (χ0) is 23.3. The first-order valence-electron chi connectivity index (χ1n) is 9.85. The van der Waals surface area contributed by atoms with Gasteiger partial charge < -0.3 is 10.6 Å². The quantitative estimate of drug-likeness (QED) is 0.284. The molecule has 32 heavy (non-hydrogen) atoms. The van der Waals surface area contributed by atoms with Crippen LogP contribution >= 0.6 is 23.8 Å². The van der Waals surface area contributed by atoms with Crippen LogP contribution < -0.4 is 16.1 Å². The molecule has 3 rings (SSSR count). The summed E-state index contributed by atoms with van der Waals surface area (Å²) in [5.41, 5.74) is 7.47. The molecule has 2 aromatic rings. The Morgan fingerprint density at radius 1 is 1.19 bits per heavy atom. The topological polar surface area (TPSA) is 56.9 Å². The molecule has 0 radical (unpaired) electrons. The van der Waals surface area contributed by atoms with Crippen molar-refractivity contribution in [2.45, 2.75) is 19.1 Å². The van der Waals surface area contributed by atoms with Gasteiger partial charge in [0.15, 0.2) is 5.11 Å². The summed E-state index contributed by atoms with van der Waals surface area (Å²) in [5, 5.41) is 3.86. The number of nitrogens with two attached hydrogens (primary N) is 1. The Bertz CT molecular complexity index is 978. The number of rotatable bonds is 5. The molecule has 1 aliphatic rings. The van der Waals surface area contributed by atoms with Crippen LogP contribution in [0.1, 0.15) is 23.1 Å². The minimum atomic E-state index is -4.56. The Balaban J connectivity index is 1.75. The molecular formula is C21H22ClF4N5S. The fourth-order valence-electron chi connectivity index (χ4n) is 3.56. The van der Waals surface area contributed by atoms with Crippen LogP contribution in [0.15, 0.2) is 41.5 Å². The van der Waals surface area contributed by atoms with Crippen LogP contribution in [0.25, 0.3) is 0 Å². The zero-order valence-corrected chi connectivity index (χ0v) is 18.6. The van der Waals surface area contributed by atoms with Gasteiger partial charge in [0.05, 0.1) is 11.8 Å². The van der Waals surface area contributed by atoms with Gasteiger partial charge in [-0.15, -0.1) is 0 Å². The second kappa shape index (κ2) is 10.5. The van der Waals surface area contributed by atoms with Crippen molar-refractivity contribution in [2.24, 2.45) is 10.8 Å². The van der Waals surface area contributed by atoms with Gasteiger partial charge in [0.1, 0.15) is 5.82 Å². The summed E-state index contributed by atoms with van der Waals surface area (Å²) in [6, 6.07) is 8.67. The molecule has 1 heterocycles. The Hall–Kier alpha value is -2.43. The molecule has 2 aromatic carbocycles. The van der Waals surface area contributed by atoms with E-state index in [1.807, 2.05) is 4.90 Å². The molecule has 0 aliphatic carbocycles. The molecule has 3 N–H and O–H groups in total. The SMILES string of the molecule is NC(=S)NN=Cc1ccc(N2CCCN(Cc3c(F)cccc3Cl)CC2)cc1C(F)(F)F. The number of halogens is 5. The first-order valence-corrected chi connectivity index (χ1v) is 10.6. The van der Waals surface area contributed by atoms with E-state index in [2.05, 4.69) is 27.6 Å². The van der Waals surface area contributed by atoms with E-state index >= 15 is 0 Å². The lowest BCUT2D eigenvalue weighted by atomic mass is 10.1. The van der Waals surface area contributed by atoms with Crippen molar-refractivity contribution in [3.05, 3.63) is 63.9 Å². The second-order valence-electron chi connectivity index (χ2n) is 7.32. The van der Waals surface area contributed by atoms with E-state index in [0.29, 0.717) is 55.4 Å². The summed E-state index contributed by atoms with van der Waals surface area (Å²) >= 11 is 10.7. The average Bonchev–Trinajstić information content (AvgIpc) is 2.96. The van der Waals surface area contributed by atoms with Crippen molar-refractivity contribution in [1.82, 2.24) is 10.3 Å². The van der Waals surface area contributed by atoms with E-state index < -0.39 is 11.7 Å². The number of thiocarbonyl (C=S) groups is 1. The molecule has 1 aliphatic heterocycles. The molecule has 1 fully saturated rings. The molecular weight excluding hydrogens is 466 g/mol. The third-order valence-corrected chi connectivity index (χ3v) is 5.56. The number of nitrogens with zero attached hydrogens (tertiary/aromatic N) is 3. The van der Waals surface area contributed by atoms with E-state index in [-0.39, 0.29) is 16.5 Å². The highest BCUT2D eigenvalue weighted by Gasteiger charge is 2.34. The van der Waals surface area contributed by atoms with E-state index in [1.54, 1.807) is 18.2 Å². The maximum atomic E-state index is 14.1. The first kappa shape index (κ1) is 24.2. The highest BCUT2D eigenvalue weighted by Crippen LogP contribution is 2.34. The highest BCUT2D eigenvalue weighted by atomic mass is 35.5. The Morgan fingerprint density at radius 3 is 2.66 bits per heavy atom. The predicted molar refractivity (Wildman–Crippen MR) is 122 cm³/mol. The summed E-state index contributed by atoms with van der Waals surface area (Å²) < 4.78 is 55.0. The zero-order valence-electron chi connectivity index (χ0n) is 17.0. The van der Waals surface area contributed by atoms with Crippen LogP contribution in [0.3, 0.4) is 0 Å². The van der Waals surface area contributed by atoms with Gasteiger partial charge in [0.2, 0.25) is 0 Å². The molecule has 0 atom stereocenters. The average molecular weight is 488 g/mol. The van der Waals surface area contributed by atoms with Gasteiger partial charge >= 0.3 is 6.18 Å². The summed E-state index contributed by atoms with van der Waals surface area (Å²) in [6.45, 7) is 2.67. The number of benzene rings is 2. The Labute approximate surface area is 193 Å². The van der Waals surface area contributed by atoms with Gasteiger partial charge in [0, 0.05) is 54.6 Å². The largest absolute Gasteiger partial charge is 0.417 e. The van der Waals surface area contributed by atoms with Crippen LogP contribution in [0.5, 0.6) is 0 Å². The lowest BCUT2D eigenvalue weighted by Gasteiger charge is -2.25. The van der Waals surface area contributed by atoms with E-state index in [9.17, 15) is 17.6 Å². The second-order valence-corrected chi connectivity index (χ2v) is 8.17. The third-order valence-electron chi connectivity index (χ3n) is 5.12. The maximum absolute atomic E-state index is 14.1. The fourth-order valence-corrected chi connectivity index (χ4v) is 3.83. The van der Waals surface area contributed by atoms with Crippen LogP contribution in [0, 0.1) is 5.82 Å². The molecule has 0 bridgehead atoms. The predicted octanol–water partition coefficient (Wildman–Crippen LogP) is 4.38. The Morgan fingerprint density at radius 2 is 1.97 bits per heavy atom. The van der Waals surface area contributed by atoms with Crippen molar-refractivity contribution in [1.29, 1.82) is 0 Å². The van der Waals surface area contributed by atoms with Crippen LogP contribution in [-0.2, 0) is 12.7 Å². The monoisotopic (exact) mass is 487 g/mol. The third kappa shape index (κ3) is 6.30. The molecule has 0 amide bonds. The number of nitrogens with one attached hydrogen (secondary N) is 1. The number of anilines is 1. The summed E-state index contributed by atoms with van der Waals surface area (Å²) in [6.07, 6.45) is -2.80. The van der Waals surface area contributed by atoms with Crippen molar-refractivity contribution >= 4 is 40.8 Å². The smallest absolute Gasteiger partial charge is 0.375 e. The van der Waals surface area contributed by atoms with Crippen molar-refractivity contribution in [2.75, 3.05) is 31.1 Å². The van der Waals surface area contributed by atoms with Crippen LogP contribution in [-0.4, -0.2) is 42.4 Å². The van der Waals surface area contributed by atoms with Gasteiger partial charge in [-0.25, -0.2) is 4.39 Å². The Kier molecular flexibility index (Phi) is 7.91. The normalized spacial score (nSPS) is 15.7. The highest BCUT2D eigenvalue weighted by molar-refractivity contribution is 7.80. The lowest BCUT2D eigenvalue weighted by molar-refractivity contribution is -0.137. The standard InChI is InChI=1S/C21H22ClF4N5S/c22-18-3-1-4-19(23)16(18)13-30-7-2-8-31(10-9-30)15-6-5-14(12-28-29-20(27)32)17(11-15)21(24,25)26/h1,3-6,11-12H,2,7-10,13H2,(H3,27,29,32). The van der Waals surface area contributed by atoms with Crippen molar-refractivity contribution in [3.63, 3.8) is 0 Å². The van der Waals surface area contributed by atoms with Gasteiger partial charge in [-0.2, -0.15) is 18.3 Å². The summed E-state index contributed by atoms with van der Waals surface area (Å²) in [4.78, 5) is 3.95. The number of alkyl halides is 3. The minimum absolute atomic E-state index is 0.101. The van der Waals surface area contributed by atoms with Gasteiger partial charge in [-0.05, 0) is 42.9 Å². The minimum Gasteiger partial charge on any atom is -0.375 e. The molecule has 11 heteroatoms. The van der Waals surface area contributed by atoms with Crippen LogP contribution in [0.4, 0.5) is 23.2 Å². The number of hydrogen-bond acceptors (Lipinski definition) is 4. The molecule has 0 aromatic heterocycles. The molecule has 1 saturated heterocycles. The van der Waals surface area contributed by atoms with Crippen LogP contribution in [0.2, 0.25) is 5.02 Å². The van der Waals surface area contributed by atoms with Gasteiger partial charge in [0.25, 0.3) is 0 Å². The van der Waals surface area contributed by atoms with Gasteiger partial charge in [-0.3, -0.25) is 10.3 Å². The lowest BCUT2D eigenvalue weighted by Crippen LogP contribution is -2.31. The van der Waals surface area contributed by atoms with Gasteiger partial charge in [-0.1, -0.05) is 23.7 Å². The number of hydrogen-bond donors (Lipinski definition) is 2. The molecule has 0 saturated carbocycles. The first-order chi connectivity index (χ1) is 15.1. The summed E-state index contributed by atoms with van der Waals surface area (Å²) in [5.74, 6) is -0.365. The molecule has 172 valence electrons. The number of hydrazone groups is 1. The summed E-state index contributed by atoms with van der Waals surface area (Å²) in [7, 11) is 0. The molecule has 0 spiro atoms. The maximum Gasteiger partial charge on any atom is 0.417 e. The fraction of sp³-hybridized carbons (Fsp3) is 0.333. The molecule has 0 unspecified atom stereocenters. The van der Waals surface area contributed by atoms with E-state index in [1.165, 1.54) is 12.1 Å². The van der Waals surface area contributed by atoms with Crippen molar-refractivity contribution in [3.8, 4) is 0 Å².